The molecule has 0 saturated carbocycles. The van der Waals surface area contributed by atoms with Gasteiger partial charge >= 0.3 is 0 Å². The maximum Gasteiger partial charge on any atom is 0.239 e. The van der Waals surface area contributed by atoms with Gasteiger partial charge in [-0.15, -0.1) is 0 Å². The van der Waals surface area contributed by atoms with Gasteiger partial charge in [0.1, 0.15) is 5.82 Å². The lowest BCUT2D eigenvalue weighted by Gasteiger charge is -2.21. The third-order valence-corrected chi connectivity index (χ3v) is 3.93. The van der Waals surface area contributed by atoms with Crippen molar-refractivity contribution in [1.82, 2.24) is 20.9 Å². The number of carbonyl (C=O) groups is 1. The minimum Gasteiger partial charge on any atom is -0.357 e. The molecule has 0 bridgehead atoms. The van der Waals surface area contributed by atoms with Gasteiger partial charge in [0.05, 0.1) is 13.1 Å². The lowest BCUT2D eigenvalue weighted by molar-refractivity contribution is -0.121. The Kier molecular flexibility index (Phi) is 7.24. The Bertz CT molecular complexity index is 599. The Morgan fingerprint density at radius 3 is 2.54 bits per heavy atom. The summed E-state index contributed by atoms with van der Waals surface area (Å²) in [6.07, 6.45) is 4.37. The molecule has 1 saturated heterocycles. The molecule has 1 aromatic rings. The first-order valence-corrected chi connectivity index (χ1v) is 9.40. The molecule has 0 atom stereocenters. The van der Waals surface area contributed by atoms with Crippen molar-refractivity contribution in [3.8, 4) is 0 Å². The highest BCUT2D eigenvalue weighted by molar-refractivity contribution is 5.86. The van der Waals surface area contributed by atoms with E-state index in [1.807, 2.05) is 33.9 Å². The molecule has 0 unspecified atom stereocenters. The van der Waals surface area contributed by atoms with Crippen molar-refractivity contribution in [1.29, 1.82) is 0 Å². The van der Waals surface area contributed by atoms with Gasteiger partial charge in [0.25, 0.3) is 0 Å². The Morgan fingerprint density at radius 2 is 1.96 bits per heavy atom. The molecule has 1 aliphatic rings. The zero-order chi connectivity index (χ0) is 19.0. The molecule has 2 rings (SSSR count). The van der Waals surface area contributed by atoms with Crippen LogP contribution in [-0.4, -0.2) is 48.6 Å². The zero-order valence-electron chi connectivity index (χ0n) is 16.4. The lowest BCUT2D eigenvalue weighted by Crippen LogP contribution is -2.48. The number of aliphatic imine (C=N–C) groups is 1. The smallest absolute Gasteiger partial charge is 0.239 e. The summed E-state index contributed by atoms with van der Waals surface area (Å²) in [5, 5.41) is 9.15. The van der Waals surface area contributed by atoms with Gasteiger partial charge in [-0.05, 0) is 52.2 Å². The summed E-state index contributed by atoms with van der Waals surface area (Å²) < 4.78 is 0. The molecule has 1 fully saturated rings. The van der Waals surface area contributed by atoms with Crippen molar-refractivity contribution in [3.05, 3.63) is 23.9 Å². The molecule has 0 radical (unpaired) electrons. The summed E-state index contributed by atoms with van der Waals surface area (Å²) in [5.74, 6) is 1.61. The molecule has 26 heavy (non-hydrogen) atoms. The average Bonchev–Trinajstić information content (AvgIpc) is 3.11. The zero-order valence-corrected chi connectivity index (χ0v) is 16.4. The Hall–Kier alpha value is -2.31. The lowest BCUT2D eigenvalue weighted by atomic mass is 10.1. The number of amides is 1. The number of hydrogen-bond donors (Lipinski definition) is 3. The number of hydrogen-bond acceptors (Lipinski definition) is 4. The summed E-state index contributed by atoms with van der Waals surface area (Å²) in [4.78, 5) is 23.3. The molecule has 0 aromatic carbocycles. The maximum absolute atomic E-state index is 11.9. The number of aromatic nitrogens is 1. The fourth-order valence-electron chi connectivity index (χ4n) is 2.78. The van der Waals surface area contributed by atoms with Gasteiger partial charge in [-0.1, -0.05) is 6.07 Å². The van der Waals surface area contributed by atoms with Gasteiger partial charge in [-0.25, -0.2) is 9.98 Å². The number of anilines is 1. The molecule has 7 heteroatoms. The average molecular weight is 361 g/mol. The Labute approximate surface area is 156 Å². The van der Waals surface area contributed by atoms with Crippen LogP contribution in [0.2, 0.25) is 0 Å². The van der Waals surface area contributed by atoms with Crippen LogP contribution >= 0.6 is 0 Å². The molecule has 0 aliphatic carbocycles. The second-order valence-electron chi connectivity index (χ2n) is 7.57. The molecule has 7 nitrogen and oxygen atoms in total. The van der Waals surface area contributed by atoms with Crippen molar-refractivity contribution in [2.24, 2.45) is 4.99 Å². The number of guanidine groups is 1. The fourth-order valence-corrected chi connectivity index (χ4v) is 2.78. The quantitative estimate of drug-likeness (QED) is 0.531. The van der Waals surface area contributed by atoms with E-state index in [1.54, 1.807) is 0 Å². The van der Waals surface area contributed by atoms with Crippen molar-refractivity contribution >= 4 is 17.7 Å². The summed E-state index contributed by atoms with van der Waals surface area (Å²) in [7, 11) is 0. The van der Waals surface area contributed by atoms with E-state index in [0.29, 0.717) is 12.5 Å². The van der Waals surface area contributed by atoms with Crippen LogP contribution in [0, 0.1) is 0 Å². The summed E-state index contributed by atoms with van der Waals surface area (Å²) >= 11 is 0. The summed E-state index contributed by atoms with van der Waals surface area (Å²) in [6.45, 7) is 11.5. The molecular formula is C19H32N6O. The molecule has 1 aromatic heterocycles. The van der Waals surface area contributed by atoms with E-state index in [4.69, 9.17) is 0 Å². The molecule has 144 valence electrons. The van der Waals surface area contributed by atoms with E-state index in [2.05, 4.69) is 43.0 Å². The van der Waals surface area contributed by atoms with Gasteiger partial charge in [0, 0.05) is 31.4 Å². The van der Waals surface area contributed by atoms with Gasteiger partial charge in [-0.2, -0.15) is 0 Å². The number of carbonyl (C=O) groups excluding carboxylic acids is 1. The first kappa shape index (κ1) is 20.0. The first-order chi connectivity index (χ1) is 12.4. The van der Waals surface area contributed by atoms with Crippen LogP contribution in [-0.2, 0) is 11.3 Å². The standard InChI is InChI=1S/C19H32N6O/c1-5-20-18(23-14-17(26)24-19(2,3)4)22-13-15-8-9-16(21-12-15)25-10-6-7-11-25/h8-9,12H,5-7,10-11,13-14H2,1-4H3,(H,24,26)(H2,20,22,23). The monoisotopic (exact) mass is 360 g/mol. The highest BCUT2D eigenvalue weighted by atomic mass is 16.2. The minimum atomic E-state index is -0.239. The number of rotatable bonds is 6. The summed E-state index contributed by atoms with van der Waals surface area (Å²) in [6, 6.07) is 4.13. The highest BCUT2D eigenvalue weighted by Gasteiger charge is 2.14. The predicted octanol–water partition coefficient (Wildman–Crippen LogP) is 1.65. The van der Waals surface area contributed by atoms with Gasteiger partial charge in [-0.3, -0.25) is 4.79 Å². The molecule has 3 N–H and O–H groups in total. The van der Waals surface area contributed by atoms with Crippen LogP contribution in [0.15, 0.2) is 23.3 Å². The second-order valence-corrected chi connectivity index (χ2v) is 7.57. The molecule has 2 heterocycles. The second kappa shape index (κ2) is 9.40. The van der Waals surface area contributed by atoms with Crippen molar-refractivity contribution in [2.75, 3.05) is 31.1 Å². The normalized spacial score (nSPS) is 15.1. The van der Waals surface area contributed by atoms with Crippen molar-refractivity contribution < 1.29 is 4.79 Å². The Balaban J connectivity index is 1.88. The Morgan fingerprint density at radius 1 is 1.23 bits per heavy atom. The maximum atomic E-state index is 11.9. The molecule has 1 aliphatic heterocycles. The summed E-state index contributed by atoms with van der Waals surface area (Å²) in [5.41, 5.74) is 0.807. The van der Waals surface area contributed by atoms with Crippen molar-refractivity contribution in [2.45, 2.75) is 52.6 Å². The molecular weight excluding hydrogens is 328 g/mol. The SMILES string of the molecule is CCNC(=NCc1ccc(N2CCCC2)nc1)NCC(=O)NC(C)(C)C. The number of nitrogens with one attached hydrogen (secondary N) is 3. The largest absolute Gasteiger partial charge is 0.357 e. The minimum absolute atomic E-state index is 0.0558. The first-order valence-electron chi connectivity index (χ1n) is 9.40. The third-order valence-electron chi connectivity index (χ3n) is 3.93. The third kappa shape index (κ3) is 6.90. The topological polar surface area (TPSA) is 81.7 Å². The van der Waals surface area contributed by atoms with Crippen LogP contribution in [0.1, 0.15) is 46.1 Å². The fraction of sp³-hybridized carbons (Fsp3) is 0.632. The van der Waals surface area contributed by atoms with Gasteiger partial charge < -0.3 is 20.9 Å². The van der Waals surface area contributed by atoms with E-state index in [-0.39, 0.29) is 18.0 Å². The molecule has 1 amide bonds. The van der Waals surface area contributed by atoms with E-state index in [0.717, 1.165) is 31.0 Å². The van der Waals surface area contributed by atoms with Crippen LogP contribution in [0.25, 0.3) is 0 Å². The van der Waals surface area contributed by atoms with Gasteiger partial charge in [0.2, 0.25) is 5.91 Å². The highest BCUT2D eigenvalue weighted by Crippen LogP contribution is 2.17. The van der Waals surface area contributed by atoms with E-state index < -0.39 is 0 Å². The van der Waals surface area contributed by atoms with Gasteiger partial charge in [0.15, 0.2) is 5.96 Å². The van der Waals surface area contributed by atoms with Crippen molar-refractivity contribution in [3.63, 3.8) is 0 Å². The number of pyridine rings is 1. The van der Waals surface area contributed by atoms with E-state index in [1.165, 1.54) is 12.8 Å². The molecule has 0 spiro atoms. The van der Waals surface area contributed by atoms with Crippen LogP contribution in [0.3, 0.4) is 0 Å². The van der Waals surface area contributed by atoms with Crippen LogP contribution in [0.5, 0.6) is 0 Å². The predicted molar refractivity (Wildman–Crippen MR) is 106 cm³/mol. The van der Waals surface area contributed by atoms with E-state index >= 15 is 0 Å². The number of nitrogens with zero attached hydrogens (tertiary/aromatic N) is 3. The van der Waals surface area contributed by atoms with Crippen LogP contribution < -0.4 is 20.9 Å². The van der Waals surface area contributed by atoms with E-state index in [9.17, 15) is 4.79 Å². The van der Waals surface area contributed by atoms with Crippen LogP contribution in [0.4, 0.5) is 5.82 Å².